The van der Waals surface area contributed by atoms with Gasteiger partial charge in [0.25, 0.3) is 0 Å². The molecule has 0 amide bonds. The van der Waals surface area contributed by atoms with Gasteiger partial charge in [0, 0.05) is 5.41 Å². The maximum atomic E-state index is 14.7. The van der Waals surface area contributed by atoms with Crippen molar-refractivity contribution in [2.75, 3.05) is 0 Å². The predicted octanol–water partition coefficient (Wildman–Crippen LogP) is 15.8. The molecule has 0 atom stereocenters. The molecule has 8 nitrogen and oxygen atoms in total. The van der Waals surface area contributed by atoms with Crippen molar-refractivity contribution in [1.82, 2.24) is 0 Å². The van der Waals surface area contributed by atoms with Crippen LogP contribution in [0.1, 0.15) is 126 Å². The summed E-state index contributed by atoms with van der Waals surface area (Å²) in [5.41, 5.74) is 4.98. The first-order valence-corrected chi connectivity index (χ1v) is 23.8. The van der Waals surface area contributed by atoms with Gasteiger partial charge < -0.3 is 27.1 Å². The Labute approximate surface area is 362 Å². The van der Waals surface area contributed by atoms with E-state index in [1.165, 1.54) is 0 Å². The van der Waals surface area contributed by atoms with Crippen molar-refractivity contribution in [3.63, 3.8) is 0 Å². The molecule has 6 aromatic rings. The van der Waals surface area contributed by atoms with Gasteiger partial charge in [0.1, 0.15) is 34.5 Å². The third-order valence-electron chi connectivity index (χ3n) is 10.6. The van der Waals surface area contributed by atoms with Gasteiger partial charge in [-0.3, -0.25) is 0 Å². The Morgan fingerprint density at radius 1 is 0.344 bits per heavy atom. The van der Waals surface area contributed by atoms with E-state index in [1.807, 2.05) is 152 Å². The van der Waals surface area contributed by atoms with Crippen LogP contribution in [0.3, 0.4) is 0 Å². The molecule has 6 aromatic carbocycles. The van der Waals surface area contributed by atoms with Gasteiger partial charge in [-0.25, -0.2) is 0 Å². The van der Waals surface area contributed by atoms with Crippen molar-refractivity contribution in [3.8, 4) is 34.5 Å². The standard InChI is InChI=1S/C51H58O8P2/c1-35(2)43-19-11-15-23-47(43)56-60(52,57-48-24-16-12-20-44(48)36(3)4)54-41-31-27-39(28-32-41)51(9,10)40-29-33-42(34-30-40)55-61(53,58-49-25-17-13-21-45(49)37(5)6)59-50-26-18-14-22-46(50)38(7)8/h11-38H,1-10H3. The molecule has 0 N–H and O–H groups in total. The lowest BCUT2D eigenvalue weighted by molar-refractivity contribution is 0.294. The normalized spacial score (nSPS) is 12.2. The molecule has 0 spiro atoms. The van der Waals surface area contributed by atoms with Crippen LogP contribution < -0.4 is 27.1 Å². The SMILES string of the molecule is CC(C)c1ccccc1OP(=O)(Oc1ccc(C(C)(C)c2ccc(OP(=O)(Oc3ccccc3C(C)C)Oc3ccccc3C(C)C)cc2)cc1)Oc1ccccc1C(C)C. The maximum absolute atomic E-state index is 14.7. The number of hydrogen-bond donors (Lipinski definition) is 0. The summed E-state index contributed by atoms with van der Waals surface area (Å²) in [7, 11) is -8.55. The molecule has 0 heterocycles. The van der Waals surface area contributed by atoms with E-state index in [4.69, 9.17) is 27.1 Å². The van der Waals surface area contributed by atoms with Crippen LogP contribution in [-0.2, 0) is 14.5 Å². The minimum Gasteiger partial charge on any atom is -0.386 e. The summed E-state index contributed by atoms with van der Waals surface area (Å²) in [6, 6.07) is 44.8. The van der Waals surface area contributed by atoms with Gasteiger partial charge in [-0.1, -0.05) is 166 Å². The van der Waals surface area contributed by atoms with Gasteiger partial charge >= 0.3 is 15.6 Å². The van der Waals surface area contributed by atoms with Crippen molar-refractivity contribution in [3.05, 3.63) is 179 Å². The van der Waals surface area contributed by atoms with Gasteiger partial charge in [0.05, 0.1) is 0 Å². The van der Waals surface area contributed by atoms with E-state index in [9.17, 15) is 9.13 Å². The quantitative estimate of drug-likeness (QED) is 0.0790. The van der Waals surface area contributed by atoms with Crippen LogP contribution >= 0.6 is 15.6 Å². The van der Waals surface area contributed by atoms with E-state index in [1.54, 1.807) is 48.5 Å². The van der Waals surface area contributed by atoms with Crippen LogP contribution in [0.4, 0.5) is 0 Å². The topological polar surface area (TPSA) is 89.5 Å². The molecular formula is C51H58O8P2. The summed E-state index contributed by atoms with van der Waals surface area (Å²) in [6.07, 6.45) is 0. The van der Waals surface area contributed by atoms with Crippen molar-refractivity contribution in [2.24, 2.45) is 0 Å². The third-order valence-corrected chi connectivity index (χ3v) is 13.1. The van der Waals surface area contributed by atoms with Crippen LogP contribution in [0.15, 0.2) is 146 Å². The Bertz CT molecular complexity index is 2200. The zero-order chi connectivity index (χ0) is 44.0. The van der Waals surface area contributed by atoms with E-state index >= 15 is 0 Å². The Hall–Kier alpha value is -5.42. The summed E-state index contributed by atoms with van der Waals surface area (Å²) < 4.78 is 66.6. The molecule has 6 rings (SSSR count). The average Bonchev–Trinajstić information content (AvgIpc) is 3.21. The van der Waals surface area contributed by atoms with Crippen molar-refractivity contribution >= 4 is 15.6 Å². The van der Waals surface area contributed by atoms with Crippen molar-refractivity contribution < 1.29 is 36.3 Å². The van der Waals surface area contributed by atoms with Gasteiger partial charge in [-0.05, 0) is 106 Å². The highest BCUT2D eigenvalue weighted by Gasteiger charge is 2.37. The molecule has 0 bridgehead atoms. The second kappa shape index (κ2) is 19.1. The van der Waals surface area contributed by atoms with Gasteiger partial charge in [0.15, 0.2) is 0 Å². The minimum absolute atomic E-state index is 0.111. The number of phosphoric ester groups is 2. The number of benzene rings is 6. The first kappa shape index (κ1) is 45.1. The predicted molar refractivity (Wildman–Crippen MR) is 246 cm³/mol. The molecule has 0 saturated carbocycles. The first-order chi connectivity index (χ1) is 29.0. The fourth-order valence-corrected chi connectivity index (χ4v) is 9.66. The van der Waals surface area contributed by atoms with E-state index < -0.39 is 21.1 Å². The lowest BCUT2D eigenvalue weighted by Gasteiger charge is -2.27. The van der Waals surface area contributed by atoms with E-state index in [0.717, 1.165) is 33.4 Å². The molecule has 320 valence electrons. The molecule has 0 saturated heterocycles. The molecule has 0 aliphatic rings. The second-order valence-electron chi connectivity index (χ2n) is 16.9. The fraction of sp³-hybridized carbons (Fsp3) is 0.294. The lowest BCUT2D eigenvalue weighted by Crippen LogP contribution is -2.18. The van der Waals surface area contributed by atoms with Crippen molar-refractivity contribution in [2.45, 2.75) is 98.3 Å². The smallest absolute Gasteiger partial charge is 0.386 e. The zero-order valence-electron chi connectivity index (χ0n) is 36.8. The Morgan fingerprint density at radius 2 is 0.574 bits per heavy atom. The number of phosphoric acid groups is 2. The first-order valence-electron chi connectivity index (χ1n) is 20.9. The molecule has 61 heavy (non-hydrogen) atoms. The Morgan fingerprint density at radius 3 is 0.803 bits per heavy atom. The highest BCUT2D eigenvalue weighted by molar-refractivity contribution is 7.50. The van der Waals surface area contributed by atoms with Crippen LogP contribution in [0.25, 0.3) is 0 Å². The van der Waals surface area contributed by atoms with Gasteiger partial charge in [0.2, 0.25) is 0 Å². The van der Waals surface area contributed by atoms with Crippen LogP contribution in [0.5, 0.6) is 34.5 Å². The molecule has 0 aliphatic heterocycles. The van der Waals surface area contributed by atoms with E-state index in [0.29, 0.717) is 34.5 Å². The summed E-state index contributed by atoms with van der Waals surface area (Å²) in [5, 5.41) is 0. The van der Waals surface area contributed by atoms with Gasteiger partial charge in [-0.2, -0.15) is 9.13 Å². The molecule has 0 unspecified atom stereocenters. The highest BCUT2D eigenvalue weighted by atomic mass is 31.2. The Balaban J connectivity index is 1.25. The molecule has 0 aliphatic carbocycles. The van der Waals surface area contributed by atoms with Crippen LogP contribution in [-0.4, -0.2) is 0 Å². The van der Waals surface area contributed by atoms with Crippen molar-refractivity contribution in [1.29, 1.82) is 0 Å². The zero-order valence-corrected chi connectivity index (χ0v) is 38.6. The largest absolute Gasteiger partial charge is 0.647 e. The highest BCUT2D eigenvalue weighted by Crippen LogP contribution is 2.54. The minimum atomic E-state index is -4.27. The number of hydrogen-bond acceptors (Lipinski definition) is 8. The molecule has 0 fully saturated rings. The number of rotatable bonds is 18. The molecule has 10 heteroatoms. The van der Waals surface area contributed by atoms with E-state index in [2.05, 4.69) is 13.8 Å². The van der Waals surface area contributed by atoms with E-state index in [-0.39, 0.29) is 23.7 Å². The molecule has 0 aromatic heterocycles. The maximum Gasteiger partial charge on any atom is 0.647 e. The lowest BCUT2D eigenvalue weighted by atomic mass is 9.78. The monoisotopic (exact) mass is 860 g/mol. The second-order valence-corrected chi connectivity index (χ2v) is 19.8. The summed E-state index contributed by atoms with van der Waals surface area (Å²) in [6.45, 7) is 20.6. The summed E-state index contributed by atoms with van der Waals surface area (Å²) in [4.78, 5) is 0. The molecule has 0 radical (unpaired) electrons. The van der Waals surface area contributed by atoms with Gasteiger partial charge in [-0.15, -0.1) is 0 Å². The average molecular weight is 861 g/mol. The number of para-hydroxylation sites is 4. The summed E-state index contributed by atoms with van der Waals surface area (Å²) >= 11 is 0. The fourth-order valence-electron chi connectivity index (χ4n) is 7.05. The van der Waals surface area contributed by atoms with Crippen LogP contribution in [0, 0.1) is 0 Å². The van der Waals surface area contributed by atoms with Crippen LogP contribution in [0.2, 0.25) is 0 Å². The Kier molecular flexibility index (Phi) is 14.1. The third kappa shape index (κ3) is 11.1. The summed E-state index contributed by atoms with van der Waals surface area (Å²) in [5.74, 6) is 2.83. The molecular weight excluding hydrogens is 803 g/mol.